The molecule has 1 heterocycles. The summed E-state index contributed by atoms with van der Waals surface area (Å²) in [7, 11) is 1.53. The Morgan fingerprint density at radius 3 is 2.29 bits per heavy atom. The van der Waals surface area contributed by atoms with Crippen LogP contribution >= 0.6 is 0 Å². The Bertz CT molecular complexity index is 1490. The fraction of sp³-hybridized carbons (Fsp3) is 0.179. The van der Waals surface area contributed by atoms with E-state index in [2.05, 4.69) is 26.1 Å². The fourth-order valence-corrected chi connectivity index (χ4v) is 3.73. The highest BCUT2D eigenvalue weighted by atomic mass is 16.5. The van der Waals surface area contributed by atoms with Gasteiger partial charge in [-0.25, -0.2) is 4.79 Å². The van der Waals surface area contributed by atoms with Gasteiger partial charge in [0.15, 0.2) is 11.0 Å². The highest BCUT2D eigenvalue weighted by Crippen LogP contribution is 2.33. The van der Waals surface area contributed by atoms with Gasteiger partial charge >= 0.3 is 5.97 Å². The topological polar surface area (TPSA) is 106 Å². The van der Waals surface area contributed by atoms with Gasteiger partial charge in [0, 0.05) is 11.6 Å². The number of benzene rings is 3. The summed E-state index contributed by atoms with van der Waals surface area (Å²) in [6.45, 7) is 6.32. The SMILES string of the molecule is COc1ccc(C(=O)Nc2cc(-c3cccc(C(C)(C)C)c3)cc3c(=O)cc(C(=O)O)oc23)cc1. The van der Waals surface area contributed by atoms with Crippen molar-refractivity contribution in [2.45, 2.75) is 26.2 Å². The van der Waals surface area contributed by atoms with Gasteiger partial charge in [-0.2, -0.15) is 0 Å². The average molecular weight is 472 g/mol. The van der Waals surface area contributed by atoms with E-state index in [1.807, 2.05) is 24.3 Å². The number of hydrogen-bond acceptors (Lipinski definition) is 5. The number of amides is 1. The lowest BCUT2D eigenvalue weighted by Gasteiger charge is -2.20. The number of anilines is 1. The van der Waals surface area contributed by atoms with E-state index < -0.39 is 23.1 Å². The number of carboxylic acids is 1. The molecule has 0 fully saturated rings. The first-order valence-electron chi connectivity index (χ1n) is 11.0. The van der Waals surface area contributed by atoms with Gasteiger partial charge in [0.25, 0.3) is 5.91 Å². The van der Waals surface area contributed by atoms with Gasteiger partial charge < -0.3 is 19.6 Å². The van der Waals surface area contributed by atoms with Crippen LogP contribution in [0.1, 0.15) is 47.2 Å². The fourth-order valence-electron chi connectivity index (χ4n) is 3.73. The molecule has 1 aromatic heterocycles. The maximum atomic E-state index is 13.0. The molecular formula is C28H25NO6. The van der Waals surface area contributed by atoms with Crippen molar-refractivity contribution < 1.29 is 23.8 Å². The molecule has 178 valence electrons. The molecule has 3 aromatic carbocycles. The van der Waals surface area contributed by atoms with Crippen molar-refractivity contribution in [3.05, 3.63) is 93.8 Å². The number of ether oxygens (including phenoxy) is 1. The van der Waals surface area contributed by atoms with Gasteiger partial charge in [-0.1, -0.05) is 45.0 Å². The molecule has 0 atom stereocenters. The van der Waals surface area contributed by atoms with Crippen molar-refractivity contribution in [3.63, 3.8) is 0 Å². The maximum Gasteiger partial charge on any atom is 0.371 e. The summed E-state index contributed by atoms with van der Waals surface area (Å²) in [5.74, 6) is -1.73. The molecule has 4 aromatic rings. The van der Waals surface area contributed by atoms with Gasteiger partial charge in [0.2, 0.25) is 5.76 Å². The largest absolute Gasteiger partial charge is 0.497 e. The second kappa shape index (κ2) is 9.10. The van der Waals surface area contributed by atoms with Crippen LogP contribution < -0.4 is 15.5 Å². The number of rotatable bonds is 5. The number of nitrogens with one attached hydrogen (secondary N) is 1. The predicted molar refractivity (Wildman–Crippen MR) is 135 cm³/mol. The van der Waals surface area contributed by atoms with Crippen LogP contribution in [0.25, 0.3) is 22.1 Å². The number of methoxy groups -OCH3 is 1. The normalized spacial score (nSPS) is 11.3. The van der Waals surface area contributed by atoms with E-state index in [4.69, 9.17) is 9.15 Å². The van der Waals surface area contributed by atoms with Gasteiger partial charge in [-0.3, -0.25) is 9.59 Å². The molecular weight excluding hydrogens is 446 g/mol. The third-order valence-electron chi connectivity index (χ3n) is 5.70. The third-order valence-corrected chi connectivity index (χ3v) is 5.70. The standard InChI is InChI=1S/C28H25NO6/c1-28(2,3)19-7-5-6-17(12-19)18-13-21-23(30)15-24(27(32)33)35-25(21)22(14-18)29-26(31)16-8-10-20(34-4)11-9-16/h5-15H,1-4H3,(H,29,31)(H,32,33). The second-order valence-electron chi connectivity index (χ2n) is 9.19. The number of hydrogen-bond donors (Lipinski definition) is 2. The highest BCUT2D eigenvalue weighted by Gasteiger charge is 2.19. The van der Waals surface area contributed by atoms with Crippen molar-refractivity contribution in [2.24, 2.45) is 0 Å². The first-order valence-corrected chi connectivity index (χ1v) is 11.0. The van der Waals surface area contributed by atoms with Crippen LogP contribution in [0, 0.1) is 0 Å². The van der Waals surface area contributed by atoms with Crippen LogP contribution in [0.2, 0.25) is 0 Å². The zero-order chi connectivity index (χ0) is 25.3. The molecule has 2 N–H and O–H groups in total. The minimum Gasteiger partial charge on any atom is -0.497 e. The van der Waals surface area contributed by atoms with Crippen LogP contribution in [0.3, 0.4) is 0 Å². The van der Waals surface area contributed by atoms with Crippen molar-refractivity contribution in [3.8, 4) is 16.9 Å². The first-order chi connectivity index (χ1) is 16.6. The lowest BCUT2D eigenvalue weighted by Crippen LogP contribution is -2.14. The lowest BCUT2D eigenvalue weighted by molar-refractivity contribution is 0.0663. The molecule has 0 saturated carbocycles. The summed E-state index contributed by atoms with van der Waals surface area (Å²) < 4.78 is 10.7. The number of fused-ring (bicyclic) bond motifs is 1. The van der Waals surface area contributed by atoms with Gasteiger partial charge in [0.05, 0.1) is 18.2 Å². The number of aromatic carboxylic acids is 1. The third kappa shape index (κ3) is 4.94. The summed E-state index contributed by atoms with van der Waals surface area (Å²) in [4.78, 5) is 37.3. The van der Waals surface area contributed by atoms with E-state index in [0.717, 1.165) is 17.2 Å². The Morgan fingerprint density at radius 2 is 1.66 bits per heavy atom. The van der Waals surface area contributed by atoms with Gasteiger partial charge in [0.1, 0.15) is 5.75 Å². The number of carbonyl (C=O) groups is 2. The quantitative estimate of drug-likeness (QED) is 0.386. The van der Waals surface area contributed by atoms with Crippen molar-refractivity contribution in [1.82, 2.24) is 0 Å². The molecule has 0 spiro atoms. The molecule has 0 radical (unpaired) electrons. The summed E-state index contributed by atoms with van der Waals surface area (Å²) in [6.07, 6.45) is 0. The summed E-state index contributed by atoms with van der Waals surface area (Å²) in [5, 5.41) is 12.3. The van der Waals surface area contributed by atoms with E-state index in [1.54, 1.807) is 36.4 Å². The minimum absolute atomic E-state index is 0.00696. The Hall–Kier alpha value is -4.39. The van der Waals surface area contributed by atoms with E-state index >= 15 is 0 Å². The molecule has 0 saturated heterocycles. The Balaban J connectivity index is 1.88. The van der Waals surface area contributed by atoms with Crippen LogP contribution in [0.15, 0.2) is 75.9 Å². The predicted octanol–water partition coefficient (Wildman–Crippen LogP) is 5.72. The van der Waals surface area contributed by atoms with Crippen LogP contribution in [-0.2, 0) is 5.41 Å². The molecule has 4 rings (SSSR count). The zero-order valence-corrected chi connectivity index (χ0v) is 19.8. The Kier molecular flexibility index (Phi) is 6.18. The van der Waals surface area contributed by atoms with E-state index in [0.29, 0.717) is 16.9 Å². The molecule has 35 heavy (non-hydrogen) atoms. The molecule has 0 aliphatic carbocycles. The molecule has 1 amide bonds. The maximum absolute atomic E-state index is 13.0. The molecule has 0 aliphatic rings. The molecule has 7 heteroatoms. The van der Waals surface area contributed by atoms with E-state index in [-0.39, 0.29) is 22.1 Å². The monoisotopic (exact) mass is 471 g/mol. The van der Waals surface area contributed by atoms with Crippen LogP contribution in [0.4, 0.5) is 5.69 Å². The Labute approximate surface area is 202 Å². The number of carbonyl (C=O) groups excluding carboxylic acids is 1. The van der Waals surface area contributed by atoms with E-state index in [1.165, 1.54) is 7.11 Å². The highest BCUT2D eigenvalue weighted by molar-refractivity contribution is 6.09. The molecule has 7 nitrogen and oxygen atoms in total. The van der Waals surface area contributed by atoms with Crippen molar-refractivity contribution in [2.75, 3.05) is 12.4 Å². The molecule has 0 unspecified atom stereocenters. The minimum atomic E-state index is -1.38. The Morgan fingerprint density at radius 1 is 0.943 bits per heavy atom. The smallest absolute Gasteiger partial charge is 0.371 e. The van der Waals surface area contributed by atoms with Crippen LogP contribution in [0.5, 0.6) is 5.75 Å². The van der Waals surface area contributed by atoms with Gasteiger partial charge in [-0.05, 0) is 58.5 Å². The van der Waals surface area contributed by atoms with Crippen LogP contribution in [-0.4, -0.2) is 24.1 Å². The summed E-state index contributed by atoms with van der Waals surface area (Å²) in [5.41, 5.74) is 2.57. The summed E-state index contributed by atoms with van der Waals surface area (Å²) in [6, 6.07) is 18.7. The van der Waals surface area contributed by atoms with Gasteiger partial charge in [-0.15, -0.1) is 0 Å². The summed E-state index contributed by atoms with van der Waals surface area (Å²) >= 11 is 0. The lowest BCUT2D eigenvalue weighted by atomic mass is 9.85. The average Bonchev–Trinajstić information content (AvgIpc) is 2.83. The molecule has 0 bridgehead atoms. The second-order valence-corrected chi connectivity index (χ2v) is 9.19. The molecule has 0 aliphatic heterocycles. The van der Waals surface area contributed by atoms with Crippen molar-refractivity contribution >= 4 is 28.5 Å². The van der Waals surface area contributed by atoms with E-state index in [9.17, 15) is 19.5 Å². The number of carboxylic acid groups (broad SMARTS) is 1. The van der Waals surface area contributed by atoms with Crippen molar-refractivity contribution in [1.29, 1.82) is 0 Å². The first kappa shape index (κ1) is 23.8. The zero-order valence-electron chi connectivity index (χ0n) is 19.8.